The molecular weight excluding hydrogens is 456 g/mol. The van der Waals surface area contributed by atoms with Crippen molar-refractivity contribution in [2.24, 2.45) is 5.92 Å². The molecule has 0 unspecified atom stereocenters. The van der Waals surface area contributed by atoms with Gasteiger partial charge in [0, 0.05) is 42.1 Å². The molecule has 1 aliphatic rings. The number of hydrogen-bond donors (Lipinski definition) is 4. The maximum Gasteiger partial charge on any atom is 0.255 e. The smallest absolute Gasteiger partial charge is 0.255 e. The average molecular weight is 479 g/mol. The van der Waals surface area contributed by atoms with Gasteiger partial charge < -0.3 is 20.5 Å². The van der Waals surface area contributed by atoms with Crippen LogP contribution >= 0.6 is 11.6 Å². The van der Waals surface area contributed by atoms with E-state index in [1.165, 1.54) is 12.4 Å². The van der Waals surface area contributed by atoms with Crippen LogP contribution in [0.4, 0.5) is 5.69 Å². The predicted molar refractivity (Wildman–Crippen MR) is 128 cm³/mol. The molecule has 0 spiro atoms. The van der Waals surface area contributed by atoms with Gasteiger partial charge in [-0.2, -0.15) is 5.26 Å². The first-order chi connectivity index (χ1) is 16.3. The van der Waals surface area contributed by atoms with Crippen molar-refractivity contribution in [1.82, 2.24) is 25.2 Å². The number of rotatable bonds is 7. The monoisotopic (exact) mass is 478 g/mol. The number of nitrogens with one attached hydrogen (secondary N) is 4. The predicted octanol–water partition coefficient (Wildman–Crippen LogP) is 2.56. The number of fused-ring (bicyclic) bond motifs is 1. The summed E-state index contributed by atoms with van der Waals surface area (Å²) in [5.41, 5.74) is 2.63. The summed E-state index contributed by atoms with van der Waals surface area (Å²) in [5, 5.41) is 24.0. The molecule has 1 fully saturated rings. The molecule has 3 aromatic rings. The van der Waals surface area contributed by atoms with Crippen LogP contribution in [0.1, 0.15) is 35.5 Å². The van der Waals surface area contributed by atoms with E-state index in [-0.39, 0.29) is 28.8 Å². The summed E-state index contributed by atoms with van der Waals surface area (Å²) in [6.45, 7) is 4.95. The van der Waals surface area contributed by atoms with Gasteiger partial charge in [0.05, 0.1) is 29.5 Å². The number of hydrogen-bond acceptors (Lipinski definition) is 7. The van der Waals surface area contributed by atoms with E-state index in [0.717, 1.165) is 0 Å². The zero-order valence-electron chi connectivity index (χ0n) is 18.6. The van der Waals surface area contributed by atoms with Crippen molar-refractivity contribution in [3.63, 3.8) is 0 Å². The van der Waals surface area contributed by atoms with Crippen LogP contribution in [0.15, 0.2) is 30.6 Å². The zero-order chi connectivity index (χ0) is 24.4. The van der Waals surface area contributed by atoms with Crippen molar-refractivity contribution in [2.75, 3.05) is 25.0 Å². The van der Waals surface area contributed by atoms with Gasteiger partial charge in [-0.05, 0) is 32.0 Å². The summed E-state index contributed by atoms with van der Waals surface area (Å²) in [7, 11) is 0. The molecule has 2 aromatic heterocycles. The highest BCUT2D eigenvalue weighted by Crippen LogP contribution is 2.24. The van der Waals surface area contributed by atoms with Crippen LogP contribution in [0.25, 0.3) is 11.2 Å². The molecule has 4 rings (SSSR count). The van der Waals surface area contributed by atoms with Crippen molar-refractivity contribution in [3.8, 4) is 6.07 Å². The highest BCUT2D eigenvalue weighted by atomic mass is 35.5. The fourth-order valence-electron chi connectivity index (χ4n) is 3.74. The van der Waals surface area contributed by atoms with E-state index in [4.69, 9.17) is 22.3 Å². The van der Waals surface area contributed by atoms with Crippen molar-refractivity contribution in [3.05, 3.63) is 52.4 Å². The number of carbonyl (C=O) groups is 2. The minimum absolute atomic E-state index is 0.128. The molecule has 11 heteroatoms. The lowest BCUT2D eigenvalue weighted by Gasteiger charge is -2.37. The van der Waals surface area contributed by atoms with Crippen LogP contribution in [0.2, 0.25) is 5.02 Å². The topological polar surface area (TPSA) is 151 Å². The van der Waals surface area contributed by atoms with E-state index in [0.29, 0.717) is 47.1 Å². The second-order valence-corrected chi connectivity index (χ2v) is 8.45. The van der Waals surface area contributed by atoms with E-state index >= 15 is 0 Å². The molecule has 2 amide bonds. The lowest BCUT2D eigenvalue weighted by Crippen LogP contribution is -2.55. The first-order valence-corrected chi connectivity index (χ1v) is 11.2. The standard InChI is InChI=1S/C23H23ClN8O2/c1-3-27-17-6-14(24)4-5-15(17)19(26)18-9-29-21-20(31-18)16(8-28-21)22(33)30-12(2)23(34)32-10-13(7-25)11-32/h4-6,8-9,12-13,26-27H,3,10-11H2,1-2H3,(H,28,29)(H,30,33)/t12-/m1/s1. The lowest BCUT2D eigenvalue weighted by molar-refractivity contribution is -0.137. The highest BCUT2D eigenvalue weighted by molar-refractivity contribution is 6.31. The molecule has 1 aliphatic heterocycles. The Morgan fingerprint density at radius 1 is 1.38 bits per heavy atom. The second kappa shape index (κ2) is 9.49. The minimum Gasteiger partial charge on any atom is -0.385 e. The minimum atomic E-state index is -0.761. The number of nitrogens with zero attached hydrogens (tertiary/aromatic N) is 4. The van der Waals surface area contributed by atoms with Gasteiger partial charge in [0.25, 0.3) is 5.91 Å². The van der Waals surface area contributed by atoms with E-state index in [1.807, 2.05) is 6.92 Å². The lowest BCUT2D eigenvalue weighted by atomic mass is 10.0. The molecule has 1 saturated heterocycles. The van der Waals surface area contributed by atoms with Gasteiger partial charge in [-0.25, -0.2) is 9.97 Å². The zero-order valence-corrected chi connectivity index (χ0v) is 19.4. The molecule has 0 saturated carbocycles. The van der Waals surface area contributed by atoms with Crippen LogP contribution in [-0.4, -0.2) is 63.1 Å². The van der Waals surface area contributed by atoms with E-state index in [9.17, 15) is 9.59 Å². The van der Waals surface area contributed by atoms with Crippen LogP contribution in [0.3, 0.4) is 0 Å². The SMILES string of the molecule is CCNc1cc(Cl)ccc1C(=N)c1cnc2[nH]cc(C(=O)N[C@H](C)C(=O)N3CC(C#N)C3)c2n1. The van der Waals surface area contributed by atoms with Crippen LogP contribution < -0.4 is 10.6 Å². The van der Waals surface area contributed by atoms with Crippen LogP contribution in [0, 0.1) is 22.7 Å². The van der Waals surface area contributed by atoms with E-state index in [1.54, 1.807) is 30.0 Å². The Morgan fingerprint density at radius 2 is 2.15 bits per heavy atom. The summed E-state index contributed by atoms with van der Waals surface area (Å²) >= 11 is 6.10. The van der Waals surface area contributed by atoms with Crippen molar-refractivity contribution >= 4 is 46.0 Å². The van der Waals surface area contributed by atoms with Crippen molar-refractivity contribution in [2.45, 2.75) is 19.9 Å². The number of amides is 2. The summed E-state index contributed by atoms with van der Waals surface area (Å²) < 4.78 is 0. The number of likely N-dealkylation sites (tertiary alicyclic amines) is 1. The molecule has 0 bridgehead atoms. The molecule has 3 heterocycles. The number of H-pyrrole nitrogens is 1. The van der Waals surface area contributed by atoms with Gasteiger partial charge in [0.1, 0.15) is 17.3 Å². The Hall–Kier alpha value is -3.97. The molecule has 1 atom stereocenters. The Morgan fingerprint density at radius 3 is 2.85 bits per heavy atom. The second-order valence-electron chi connectivity index (χ2n) is 8.01. The number of halogens is 1. The Kier molecular flexibility index (Phi) is 6.47. The van der Waals surface area contributed by atoms with Gasteiger partial charge in [0.2, 0.25) is 5.91 Å². The van der Waals surface area contributed by atoms with Gasteiger partial charge in [0.15, 0.2) is 5.65 Å². The van der Waals surface area contributed by atoms with Crippen LogP contribution in [0.5, 0.6) is 0 Å². The van der Waals surface area contributed by atoms with Crippen molar-refractivity contribution in [1.29, 1.82) is 10.7 Å². The number of benzene rings is 1. The Balaban J connectivity index is 1.56. The van der Waals surface area contributed by atoms with E-state index in [2.05, 4.69) is 31.7 Å². The summed E-state index contributed by atoms with van der Waals surface area (Å²) in [4.78, 5) is 38.7. The molecule has 34 heavy (non-hydrogen) atoms. The Bertz CT molecular complexity index is 1320. The summed E-state index contributed by atoms with van der Waals surface area (Å²) in [6, 6.07) is 6.53. The average Bonchev–Trinajstić information content (AvgIpc) is 3.21. The number of anilines is 1. The van der Waals surface area contributed by atoms with E-state index < -0.39 is 11.9 Å². The normalized spacial score (nSPS) is 14.2. The molecular formula is C23H23ClN8O2. The third kappa shape index (κ3) is 4.43. The third-order valence-corrected chi connectivity index (χ3v) is 5.83. The van der Waals surface area contributed by atoms with Crippen LogP contribution in [-0.2, 0) is 4.79 Å². The maximum atomic E-state index is 12.9. The Labute approximate surface area is 200 Å². The quantitative estimate of drug-likeness (QED) is 0.383. The van der Waals surface area contributed by atoms with Crippen molar-refractivity contribution < 1.29 is 9.59 Å². The van der Waals surface area contributed by atoms with Gasteiger partial charge >= 0.3 is 0 Å². The molecule has 0 radical (unpaired) electrons. The fourth-order valence-corrected chi connectivity index (χ4v) is 3.92. The molecule has 174 valence electrons. The molecule has 0 aliphatic carbocycles. The first-order valence-electron chi connectivity index (χ1n) is 10.8. The van der Waals surface area contributed by atoms with Gasteiger partial charge in [-0.15, -0.1) is 0 Å². The summed E-state index contributed by atoms with van der Waals surface area (Å²) in [5.74, 6) is -0.882. The summed E-state index contributed by atoms with van der Waals surface area (Å²) in [6.07, 6.45) is 2.95. The number of aromatic nitrogens is 3. The number of aromatic amines is 1. The highest BCUT2D eigenvalue weighted by Gasteiger charge is 2.33. The van der Waals surface area contributed by atoms with Gasteiger partial charge in [-0.1, -0.05) is 11.6 Å². The number of nitriles is 1. The third-order valence-electron chi connectivity index (χ3n) is 5.59. The molecule has 4 N–H and O–H groups in total. The molecule has 10 nitrogen and oxygen atoms in total. The first kappa shape index (κ1) is 23.2. The maximum absolute atomic E-state index is 12.9. The largest absolute Gasteiger partial charge is 0.385 e. The number of carbonyl (C=O) groups excluding carboxylic acids is 2. The van der Waals surface area contributed by atoms with Gasteiger partial charge in [-0.3, -0.25) is 15.0 Å². The fraction of sp³-hybridized carbons (Fsp3) is 0.304. The molecule has 1 aromatic carbocycles.